The standard InChI is InChI=1S/C18H20F3NO2.C4H6O2/c19-18(20,21)24-16-11-9-15(10-12-16)23-17(8-4-5-13-22)14-6-2-1-3-7-14;1-2-3-4(5)6/h1-3,6-7,9-12,17H,4-5,8,13,22H2;2-3H,1H3,(H,5,6)/b;3-2-. The molecule has 1 unspecified atom stereocenters. The first-order valence-electron chi connectivity index (χ1n) is 9.38. The van der Waals surface area contributed by atoms with Crippen LogP contribution in [0.2, 0.25) is 0 Å². The third-order valence-electron chi connectivity index (χ3n) is 3.74. The number of aliphatic carboxylic acids is 1. The van der Waals surface area contributed by atoms with E-state index in [0.717, 1.165) is 30.9 Å². The Morgan fingerprint density at radius 3 is 2.13 bits per heavy atom. The van der Waals surface area contributed by atoms with Gasteiger partial charge in [0.25, 0.3) is 0 Å². The minimum atomic E-state index is -4.70. The summed E-state index contributed by atoms with van der Waals surface area (Å²) in [6, 6.07) is 15.1. The van der Waals surface area contributed by atoms with Crippen molar-refractivity contribution in [1.82, 2.24) is 0 Å². The van der Waals surface area contributed by atoms with E-state index in [9.17, 15) is 18.0 Å². The van der Waals surface area contributed by atoms with Crippen LogP contribution < -0.4 is 15.2 Å². The van der Waals surface area contributed by atoms with Gasteiger partial charge in [-0.15, -0.1) is 13.2 Å². The van der Waals surface area contributed by atoms with E-state index in [1.807, 2.05) is 30.3 Å². The number of rotatable bonds is 9. The summed E-state index contributed by atoms with van der Waals surface area (Å²) in [4.78, 5) is 9.51. The maximum absolute atomic E-state index is 12.2. The van der Waals surface area contributed by atoms with Gasteiger partial charge in [-0.25, -0.2) is 4.79 Å². The summed E-state index contributed by atoms with van der Waals surface area (Å²) < 4.78 is 46.4. The monoisotopic (exact) mass is 425 g/mol. The number of hydrogen-bond donors (Lipinski definition) is 2. The molecule has 0 aliphatic carbocycles. The van der Waals surface area contributed by atoms with Gasteiger partial charge in [-0.3, -0.25) is 0 Å². The number of unbranched alkanes of at least 4 members (excludes halogenated alkanes) is 1. The zero-order valence-electron chi connectivity index (χ0n) is 16.6. The van der Waals surface area contributed by atoms with E-state index in [4.69, 9.17) is 15.6 Å². The molecule has 0 aliphatic heterocycles. The van der Waals surface area contributed by atoms with Gasteiger partial charge in [-0.1, -0.05) is 36.4 Å². The fraction of sp³-hybridized carbons (Fsp3) is 0.318. The third-order valence-corrected chi connectivity index (χ3v) is 3.74. The topological polar surface area (TPSA) is 81.8 Å². The SMILES string of the molecule is C/C=C\C(=O)O.NCCCCC(Oc1ccc(OC(F)(F)F)cc1)c1ccccc1. The molecule has 164 valence electrons. The summed E-state index contributed by atoms with van der Waals surface area (Å²) in [6.07, 6.45) is 0.268. The molecule has 8 heteroatoms. The maximum atomic E-state index is 12.2. The van der Waals surface area contributed by atoms with Crippen molar-refractivity contribution < 1.29 is 32.5 Å². The average Bonchev–Trinajstić information content (AvgIpc) is 2.69. The van der Waals surface area contributed by atoms with E-state index in [2.05, 4.69) is 4.74 Å². The van der Waals surface area contributed by atoms with E-state index >= 15 is 0 Å². The predicted molar refractivity (Wildman–Crippen MR) is 108 cm³/mol. The lowest BCUT2D eigenvalue weighted by molar-refractivity contribution is -0.274. The lowest BCUT2D eigenvalue weighted by atomic mass is 10.0. The van der Waals surface area contributed by atoms with Gasteiger partial charge < -0.3 is 20.3 Å². The molecule has 0 heterocycles. The van der Waals surface area contributed by atoms with Gasteiger partial charge in [0.05, 0.1) is 0 Å². The highest BCUT2D eigenvalue weighted by atomic mass is 19.4. The van der Waals surface area contributed by atoms with Crippen molar-refractivity contribution in [2.45, 2.75) is 38.7 Å². The zero-order valence-corrected chi connectivity index (χ0v) is 16.6. The predicted octanol–water partition coefficient (Wildman–Crippen LogP) is 5.48. The molecule has 2 aromatic rings. The molecule has 2 rings (SSSR count). The molecule has 0 amide bonds. The Morgan fingerprint density at radius 1 is 1.07 bits per heavy atom. The summed E-state index contributed by atoms with van der Waals surface area (Å²) in [6.45, 7) is 2.28. The van der Waals surface area contributed by atoms with Crippen LogP contribution in [0.3, 0.4) is 0 Å². The summed E-state index contributed by atoms with van der Waals surface area (Å²) in [5.74, 6) is -0.669. The molecule has 0 aromatic heterocycles. The van der Waals surface area contributed by atoms with E-state index in [0.29, 0.717) is 12.3 Å². The van der Waals surface area contributed by atoms with Gasteiger partial charge in [0, 0.05) is 6.08 Å². The van der Waals surface area contributed by atoms with Crippen molar-refractivity contribution in [3.63, 3.8) is 0 Å². The van der Waals surface area contributed by atoms with Gasteiger partial charge in [0.2, 0.25) is 0 Å². The minimum Gasteiger partial charge on any atom is -0.486 e. The van der Waals surface area contributed by atoms with Crippen molar-refractivity contribution >= 4 is 5.97 Å². The smallest absolute Gasteiger partial charge is 0.486 e. The minimum absolute atomic E-state index is 0.174. The fourth-order valence-electron chi connectivity index (χ4n) is 2.46. The number of ether oxygens (including phenoxy) is 2. The molecule has 3 N–H and O–H groups in total. The van der Waals surface area contributed by atoms with Crippen LogP contribution in [0.15, 0.2) is 66.7 Å². The summed E-state index contributed by atoms with van der Waals surface area (Å²) in [7, 11) is 0. The summed E-state index contributed by atoms with van der Waals surface area (Å²) in [5.41, 5.74) is 6.55. The summed E-state index contributed by atoms with van der Waals surface area (Å²) >= 11 is 0. The number of nitrogens with two attached hydrogens (primary N) is 1. The van der Waals surface area contributed by atoms with Crippen LogP contribution in [-0.4, -0.2) is 24.0 Å². The Balaban J connectivity index is 0.000000656. The Bertz CT molecular complexity index is 762. The van der Waals surface area contributed by atoms with E-state index in [-0.39, 0.29) is 11.9 Å². The molecule has 0 spiro atoms. The highest BCUT2D eigenvalue weighted by molar-refractivity contribution is 5.79. The average molecular weight is 425 g/mol. The molecular weight excluding hydrogens is 399 g/mol. The van der Waals surface area contributed by atoms with E-state index in [1.54, 1.807) is 6.92 Å². The van der Waals surface area contributed by atoms with Crippen LogP contribution in [0.4, 0.5) is 13.2 Å². The van der Waals surface area contributed by atoms with E-state index < -0.39 is 12.3 Å². The molecular formula is C22H26F3NO4. The van der Waals surface area contributed by atoms with Crippen LogP contribution in [0.5, 0.6) is 11.5 Å². The summed E-state index contributed by atoms with van der Waals surface area (Å²) in [5, 5.41) is 7.83. The Labute approximate surface area is 173 Å². The number of benzene rings is 2. The molecule has 0 bridgehead atoms. The molecule has 0 saturated heterocycles. The first kappa shape index (κ1) is 25.0. The molecule has 5 nitrogen and oxygen atoms in total. The van der Waals surface area contributed by atoms with Gasteiger partial charge in [0.15, 0.2) is 0 Å². The second kappa shape index (κ2) is 13.3. The van der Waals surface area contributed by atoms with Gasteiger partial charge >= 0.3 is 12.3 Å². The first-order chi connectivity index (χ1) is 14.2. The van der Waals surface area contributed by atoms with Gasteiger partial charge in [-0.05, 0) is 62.6 Å². The molecule has 0 saturated carbocycles. The normalized spacial score (nSPS) is 12.0. The quantitative estimate of drug-likeness (QED) is 0.411. The lowest BCUT2D eigenvalue weighted by Crippen LogP contribution is -2.17. The first-order valence-corrected chi connectivity index (χ1v) is 9.38. The second-order valence-corrected chi connectivity index (χ2v) is 6.16. The number of halogens is 3. The van der Waals surface area contributed by atoms with Crippen LogP contribution >= 0.6 is 0 Å². The number of carbonyl (C=O) groups is 1. The molecule has 30 heavy (non-hydrogen) atoms. The molecule has 0 radical (unpaired) electrons. The number of carboxylic acid groups (broad SMARTS) is 1. The Hall–Kier alpha value is -3.00. The zero-order chi connectivity index (χ0) is 22.4. The van der Waals surface area contributed by atoms with Crippen LogP contribution in [0.1, 0.15) is 37.9 Å². The number of alkyl halides is 3. The van der Waals surface area contributed by atoms with Crippen molar-refractivity contribution in [2.75, 3.05) is 6.54 Å². The van der Waals surface area contributed by atoms with Crippen LogP contribution in [-0.2, 0) is 4.79 Å². The largest absolute Gasteiger partial charge is 0.573 e. The lowest BCUT2D eigenvalue weighted by Gasteiger charge is -2.20. The van der Waals surface area contributed by atoms with Crippen molar-refractivity contribution in [3.8, 4) is 11.5 Å². The highest BCUT2D eigenvalue weighted by Crippen LogP contribution is 2.29. The van der Waals surface area contributed by atoms with Crippen LogP contribution in [0.25, 0.3) is 0 Å². The third kappa shape index (κ3) is 11.1. The second-order valence-electron chi connectivity index (χ2n) is 6.16. The molecule has 0 fully saturated rings. The molecule has 0 aliphatic rings. The number of hydrogen-bond acceptors (Lipinski definition) is 4. The van der Waals surface area contributed by atoms with Crippen molar-refractivity contribution in [2.24, 2.45) is 5.73 Å². The molecule has 2 aromatic carbocycles. The van der Waals surface area contributed by atoms with E-state index in [1.165, 1.54) is 30.3 Å². The maximum Gasteiger partial charge on any atom is 0.573 e. The van der Waals surface area contributed by atoms with Crippen LogP contribution in [0, 0.1) is 0 Å². The fourth-order valence-corrected chi connectivity index (χ4v) is 2.46. The van der Waals surface area contributed by atoms with Gasteiger partial charge in [0.1, 0.15) is 17.6 Å². The number of allylic oxidation sites excluding steroid dienone is 1. The Morgan fingerprint density at radius 2 is 1.67 bits per heavy atom. The molecule has 1 atom stereocenters. The number of carboxylic acids is 1. The van der Waals surface area contributed by atoms with Crippen molar-refractivity contribution in [1.29, 1.82) is 0 Å². The van der Waals surface area contributed by atoms with Gasteiger partial charge in [-0.2, -0.15) is 0 Å². The highest BCUT2D eigenvalue weighted by Gasteiger charge is 2.31. The Kier molecular flexibility index (Phi) is 11.1. The van der Waals surface area contributed by atoms with Crippen molar-refractivity contribution in [3.05, 3.63) is 72.3 Å².